The molecule has 0 saturated carbocycles. The summed E-state index contributed by atoms with van der Waals surface area (Å²) in [6.45, 7) is 4.53. The van der Waals surface area contributed by atoms with E-state index in [2.05, 4.69) is 10.2 Å². The number of halogens is 1. The van der Waals surface area contributed by atoms with Crippen molar-refractivity contribution in [2.45, 2.75) is 38.1 Å². The van der Waals surface area contributed by atoms with Crippen molar-refractivity contribution in [3.05, 3.63) is 89.1 Å². The fraction of sp³-hybridized carbons (Fsp3) is 0.419. The molecule has 2 aliphatic rings. The van der Waals surface area contributed by atoms with E-state index in [1.165, 1.54) is 29.2 Å². The van der Waals surface area contributed by atoms with Gasteiger partial charge in [-0.25, -0.2) is 4.39 Å². The summed E-state index contributed by atoms with van der Waals surface area (Å²) in [4.78, 5) is 31.6. The third kappa shape index (κ3) is 7.52. The molecule has 0 radical (unpaired) electrons. The number of nitrogens with one attached hydrogen (secondary N) is 1. The molecular weight excluding hydrogens is 529 g/mol. The van der Waals surface area contributed by atoms with Gasteiger partial charge in [-0.2, -0.15) is 0 Å². The third-order valence-corrected chi connectivity index (χ3v) is 7.40. The molecule has 10 heteroatoms. The molecule has 2 amide bonds. The van der Waals surface area contributed by atoms with E-state index in [0.717, 1.165) is 31.5 Å². The van der Waals surface area contributed by atoms with E-state index < -0.39 is 17.8 Å². The molecule has 0 bridgehead atoms. The van der Waals surface area contributed by atoms with E-state index in [0.29, 0.717) is 50.0 Å². The van der Waals surface area contributed by atoms with Crippen molar-refractivity contribution < 1.29 is 32.6 Å². The van der Waals surface area contributed by atoms with Crippen LogP contribution in [-0.4, -0.2) is 74.3 Å². The number of furan rings is 1. The summed E-state index contributed by atoms with van der Waals surface area (Å²) in [7, 11) is 1.58. The van der Waals surface area contributed by atoms with Gasteiger partial charge in [-0.1, -0.05) is 24.3 Å². The zero-order chi connectivity index (χ0) is 28.6. The highest BCUT2D eigenvalue weighted by molar-refractivity contribution is 5.96. The highest BCUT2D eigenvalue weighted by atomic mass is 19.1. The summed E-state index contributed by atoms with van der Waals surface area (Å²) in [6.07, 6.45) is 1.72. The number of benzene rings is 2. The number of hydrogen-bond donors (Lipinski definition) is 1. The number of carbonyl (C=O) groups is 2. The second kappa shape index (κ2) is 13.8. The Balaban J connectivity index is 1.45. The monoisotopic (exact) mass is 565 g/mol. The fourth-order valence-corrected chi connectivity index (χ4v) is 5.14. The molecule has 2 aromatic carbocycles. The summed E-state index contributed by atoms with van der Waals surface area (Å²) in [5.41, 5.74) is 1.27. The van der Waals surface area contributed by atoms with E-state index in [4.69, 9.17) is 18.6 Å². The lowest BCUT2D eigenvalue weighted by Gasteiger charge is -2.31. The van der Waals surface area contributed by atoms with Crippen LogP contribution in [0.1, 0.15) is 46.3 Å². The van der Waals surface area contributed by atoms with E-state index in [1.54, 1.807) is 31.4 Å². The molecule has 41 heavy (non-hydrogen) atoms. The Morgan fingerprint density at radius 1 is 1.05 bits per heavy atom. The van der Waals surface area contributed by atoms with Crippen molar-refractivity contribution in [2.75, 3.05) is 46.6 Å². The Morgan fingerprint density at radius 2 is 1.80 bits per heavy atom. The lowest BCUT2D eigenvalue weighted by molar-refractivity contribution is -0.126. The molecule has 2 atom stereocenters. The Hall–Kier alpha value is -3.73. The summed E-state index contributed by atoms with van der Waals surface area (Å²) >= 11 is 0. The van der Waals surface area contributed by atoms with Gasteiger partial charge in [0.2, 0.25) is 5.91 Å². The number of amides is 2. The van der Waals surface area contributed by atoms with Crippen molar-refractivity contribution in [2.24, 2.45) is 0 Å². The van der Waals surface area contributed by atoms with Gasteiger partial charge in [-0.15, -0.1) is 0 Å². The molecule has 2 aliphatic heterocycles. The van der Waals surface area contributed by atoms with Crippen molar-refractivity contribution >= 4 is 11.8 Å². The first-order valence-electron chi connectivity index (χ1n) is 14.0. The van der Waals surface area contributed by atoms with Gasteiger partial charge in [-0.05, 0) is 60.4 Å². The maximum atomic E-state index is 14.1. The molecule has 5 rings (SSSR count). The molecule has 1 aromatic heterocycles. The lowest BCUT2D eigenvalue weighted by atomic mass is 10.0. The van der Waals surface area contributed by atoms with Gasteiger partial charge >= 0.3 is 0 Å². The van der Waals surface area contributed by atoms with Crippen molar-refractivity contribution in [3.8, 4) is 5.75 Å². The van der Waals surface area contributed by atoms with Crippen LogP contribution in [-0.2, 0) is 27.4 Å². The van der Waals surface area contributed by atoms with Gasteiger partial charge < -0.3 is 28.8 Å². The van der Waals surface area contributed by atoms with E-state index >= 15 is 0 Å². The molecule has 9 nitrogen and oxygen atoms in total. The predicted molar refractivity (Wildman–Crippen MR) is 149 cm³/mol. The first-order valence-corrected chi connectivity index (χ1v) is 14.0. The Morgan fingerprint density at radius 3 is 2.49 bits per heavy atom. The number of hydrogen-bond acceptors (Lipinski definition) is 7. The number of rotatable bonds is 11. The zero-order valence-electron chi connectivity index (χ0n) is 23.2. The summed E-state index contributed by atoms with van der Waals surface area (Å²) < 4.78 is 36.3. The first kappa shape index (κ1) is 28.8. The van der Waals surface area contributed by atoms with Crippen LogP contribution >= 0.6 is 0 Å². The molecule has 0 spiro atoms. The Kier molecular flexibility index (Phi) is 9.66. The van der Waals surface area contributed by atoms with Crippen LogP contribution in [0.2, 0.25) is 0 Å². The van der Waals surface area contributed by atoms with Gasteiger partial charge in [0.25, 0.3) is 5.91 Å². The highest BCUT2D eigenvalue weighted by Gasteiger charge is 2.34. The molecule has 3 aromatic rings. The molecule has 2 fully saturated rings. The smallest absolute Gasteiger partial charge is 0.290 e. The number of nitrogens with zero attached hydrogens (tertiary/aromatic N) is 2. The molecular formula is C31H36FN3O6. The minimum Gasteiger partial charge on any atom is -0.497 e. The standard InChI is InChI=1S/C31H36FN3O6/c1-38-25-10-4-22(5-11-25)20-35(31(37)28-13-12-27(41-28)21-34-14-17-39-18-15-34)29(23-6-8-24(32)9-7-23)30(36)33-19-26-3-2-16-40-26/h4-13,26,29H,2-3,14-21H2,1H3,(H,33,36)/t26-,29+/m0/s1. The zero-order valence-corrected chi connectivity index (χ0v) is 23.2. The van der Waals surface area contributed by atoms with E-state index in [-0.39, 0.29) is 24.3 Å². The van der Waals surface area contributed by atoms with Crippen LogP contribution < -0.4 is 10.1 Å². The SMILES string of the molecule is COc1ccc(CN(C(=O)c2ccc(CN3CCOCC3)o2)[C@@H](C(=O)NC[C@@H]2CCCO2)c2ccc(F)cc2)cc1. The molecule has 2 saturated heterocycles. The van der Waals surface area contributed by atoms with Gasteiger partial charge in [0.05, 0.1) is 33.0 Å². The van der Waals surface area contributed by atoms with Gasteiger partial charge in [0.1, 0.15) is 23.4 Å². The molecule has 3 heterocycles. The summed E-state index contributed by atoms with van der Waals surface area (Å²) in [6, 6.07) is 15.3. The number of carbonyl (C=O) groups excluding carboxylic acids is 2. The van der Waals surface area contributed by atoms with E-state index in [1.807, 2.05) is 12.1 Å². The minimum atomic E-state index is -1.04. The summed E-state index contributed by atoms with van der Waals surface area (Å²) in [5.74, 6) is 0.195. The van der Waals surface area contributed by atoms with Crippen LogP contribution in [0, 0.1) is 5.82 Å². The lowest BCUT2D eigenvalue weighted by Crippen LogP contribution is -2.45. The van der Waals surface area contributed by atoms with Gasteiger partial charge in [-0.3, -0.25) is 14.5 Å². The van der Waals surface area contributed by atoms with E-state index in [9.17, 15) is 14.0 Å². The highest BCUT2D eigenvalue weighted by Crippen LogP contribution is 2.28. The number of methoxy groups -OCH3 is 1. The average Bonchev–Trinajstić information content (AvgIpc) is 3.70. The second-order valence-corrected chi connectivity index (χ2v) is 10.3. The van der Waals surface area contributed by atoms with Crippen LogP contribution in [0.15, 0.2) is 65.1 Å². The third-order valence-electron chi connectivity index (χ3n) is 7.40. The van der Waals surface area contributed by atoms with Crippen molar-refractivity contribution in [3.63, 3.8) is 0 Å². The Bertz CT molecular complexity index is 1280. The first-order chi connectivity index (χ1) is 20.0. The minimum absolute atomic E-state index is 0.0774. The molecule has 0 unspecified atom stereocenters. The maximum absolute atomic E-state index is 14.1. The van der Waals surface area contributed by atoms with Crippen molar-refractivity contribution in [1.82, 2.24) is 15.1 Å². The average molecular weight is 566 g/mol. The Labute approximate surface area is 239 Å². The topological polar surface area (TPSA) is 93.5 Å². The molecule has 1 N–H and O–H groups in total. The van der Waals surface area contributed by atoms with Gasteiger partial charge in [0, 0.05) is 32.8 Å². The molecule has 0 aliphatic carbocycles. The second-order valence-electron chi connectivity index (χ2n) is 10.3. The van der Waals surface area contributed by atoms with Crippen LogP contribution in [0.3, 0.4) is 0 Å². The number of ether oxygens (including phenoxy) is 3. The predicted octanol–water partition coefficient (Wildman–Crippen LogP) is 3.94. The maximum Gasteiger partial charge on any atom is 0.290 e. The quantitative estimate of drug-likeness (QED) is 0.377. The fourth-order valence-electron chi connectivity index (χ4n) is 5.14. The van der Waals surface area contributed by atoms with Gasteiger partial charge in [0.15, 0.2) is 5.76 Å². The van der Waals surface area contributed by atoms with Crippen molar-refractivity contribution in [1.29, 1.82) is 0 Å². The normalized spacial score (nSPS) is 18.1. The molecule has 218 valence electrons. The van der Waals surface area contributed by atoms with Crippen LogP contribution in [0.5, 0.6) is 5.75 Å². The summed E-state index contributed by atoms with van der Waals surface area (Å²) in [5, 5.41) is 2.97. The van der Waals surface area contributed by atoms with Crippen LogP contribution in [0.25, 0.3) is 0 Å². The largest absolute Gasteiger partial charge is 0.497 e. The van der Waals surface area contributed by atoms with Crippen LogP contribution in [0.4, 0.5) is 4.39 Å². The number of morpholine rings is 1.